The average molecular weight is 276 g/mol. The van der Waals surface area contributed by atoms with E-state index in [-0.39, 0.29) is 0 Å². The standard InChI is InChI=1S/C17H12N2S/c18-13-9-7-12(8-10-13)17-19-14-5-1-3-11-4-2-6-15(20-17)16(11)14/h1-10H,18H2. The Bertz CT molecular complexity index is 830. The molecule has 3 aromatic carbocycles. The Hall–Kier alpha value is -2.26. The Kier molecular flexibility index (Phi) is 2.54. The summed E-state index contributed by atoms with van der Waals surface area (Å²) in [5.74, 6) is 0. The second kappa shape index (κ2) is 4.39. The van der Waals surface area contributed by atoms with Gasteiger partial charge in [0.2, 0.25) is 0 Å². The van der Waals surface area contributed by atoms with Crippen molar-refractivity contribution in [3.05, 3.63) is 66.2 Å². The largest absolute Gasteiger partial charge is 0.399 e. The molecule has 1 aliphatic heterocycles. The number of nitrogen functional groups attached to an aromatic ring is 1. The Labute approximate surface area is 121 Å². The number of anilines is 1. The van der Waals surface area contributed by atoms with Crippen molar-refractivity contribution in [2.45, 2.75) is 4.90 Å². The minimum atomic E-state index is 0.776. The first kappa shape index (κ1) is 11.6. The predicted molar refractivity (Wildman–Crippen MR) is 86.9 cm³/mol. The Morgan fingerprint density at radius 3 is 2.40 bits per heavy atom. The van der Waals surface area contributed by atoms with Crippen LogP contribution in [0.25, 0.3) is 10.8 Å². The van der Waals surface area contributed by atoms with Crippen LogP contribution in [0.1, 0.15) is 5.56 Å². The summed E-state index contributed by atoms with van der Waals surface area (Å²) in [4.78, 5) is 6.07. The number of hydrogen-bond acceptors (Lipinski definition) is 3. The van der Waals surface area contributed by atoms with Crippen molar-refractivity contribution < 1.29 is 0 Å². The lowest BCUT2D eigenvalue weighted by atomic mass is 10.1. The van der Waals surface area contributed by atoms with Crippen LogP contribution in [0.5, 0.6) is 0 Å². The molecule has 2 nitrogen and oxygen atoms in total. The van der Waals surface area contributed by atoms with Gasteiger partial charge in [0.1, 0.15) is 5.04 Å². The molecule has 2 N–H and O–H groups in total. The molecule has 0 fully saturated rings. The molecule has 0 amide bonds. The van der Waals surface area contributed by atoms with E-state index in [9.17, 15) is 0 Å². The molecular weight excluding hydrogens is 264 g/mol. The van der Waals surface area contributed by atoms with Gasteiger partial charge in [0.25, 0.3) is 0 Å². The van der Waals surface area contributed by atoms with E-state index in [0.717, 1.165) is 22.0 Å². The molecule has 0 atom stereocenters. The second-order valence-corrected chi connectivity index (χ2v) is 5.80. The van der Waals surface area contributed by atoms with Gasteiger partial charge in [0, 0.05) is 21.5 Å². The van der Waals surface area contributed by atoms with E-state index >= 15 is 0 Å². The maximum absolute atomic E-state index is 5.75. The summed E-state index contributed by atoms with van der Waals surface area (Å²) in [5.41, 5.74) is 8.68. The first-order valence-corrected chi connectivity index (χ1v) is 7.27. The normalized spacial score (nSPS) is 13.3. The van der Waals surface area contributed by atoms with E-state index in [1.54, 1.807) is 11.8 Å². The van der Waals surface area contributed by atoms with Crippen molar-refractivity contribution >= 4 is 39.0 Å². The summed E-state index contributed by atoms with van der Waals surface area (Å²) in [6.07, 6.45) is 0. The van der Waals surface area contributed by atoms with Gasteiger partial charge < -0.3 is 5.73 Å². The predicted octanol–water partition coefficient (Wildman–Crippen LogP) is 4.61. The Balaban J connectivity index is 1.92. The van der Waals surface area contributed by atoms with Gasteiger partial charge in [-0.2, -0.15) is 0 Å². The first-order valence-electron chi connectivity index (χ1n) is 6.45. The molecule has 1 heterocycles. The molecule has 0 saturated heterocycles. The van der Waals surface area contributed by atoms with Crippen LogP contribution in [-0.4, -0.2) is 5.04 Å². The highest BCUT2D eigenvalue weighted by Gasteiger charge is 2.16. The van der Waals surface area contributed by atoms with Gasteiger partial charge in [-0.05, 0) is 29.7 Å². The number of nitrogens with zero attached hydrogens (tertiary/aromatic N) is 1. The zero-order valence-electron chi connectivity index (χ0n) is 10.7. The highest BCUT2D eigenvalue weighted by Crippen LogP contribution is 2.41. The molecule has 0 aromatic heterocycles. The average Bonchev–Trinajstić information content (AvgIpc) is 2.48. The number of hydrogen-bond donors (Lipinski definition) is 1. The Morgan fingerprint density at radius 2 is 1.60 bits per heavy atom. The lowest BCUT2D eigenvalue weighted by Gasteiger charge is -2.16. The molecule has 0 bridgehead atoms. The summed E-state index contributed by atoms with van der Waals surface area (Å²) in [6.45, 7) is 0. The topological polar surface area (TPSA) is 38.4 Å². The third kappa shape index (κ3) is 1.79. The highest BCUT2D eigenvalue weighted by atomic mass is 32.2. The Morgan fingerprint density at radius 1 is 0.850 bits per heavy atom. The molecule has 1 aliphatic rings. The monoisotopic (exact) mass is 276 g/mol. The number of thioether (sulfide) groups is 1. The molecule has 3 heteroatoms. The molecule has 96 valence electrons. The summed E-state index contributed by atoms with van der Waals surface area (Å²) in [6, 6.07) is 20.5. The molecule has 0 spiro atoms. The SMILES string of the molecule is Nc1ccc(C2=Nc3cccc4cccc(c34)S2)cc1. The number of benzene rings is 3. The van der Waals surface area contributed by atoms with Crippen LogP contribution in [0.4, 0.5) is 11.4 Å². The second-order valence-electron chi connectivity index (χ2n) is 4.77. The molecule has 20 heavy (non-hydrogen) atoms. The van der Waals surface area contributed by atoms with E-state index in [2.05, 4.69) is 36.4 Å². The fraction of sp³-hybridized carbons (Fsp3) is 0. The number of rotatable bonds is 1. The molecule has 4 rings (SSSR count). The van der Waals surface area contributed by atoms with Crippen LogP contribution in [0.3, 0.4) is 0 Å². The number of nitrogens with two attached hydrogens (primary N) is 1. The van der Waals surface area contributed by atoms with Crippen LogP contribution in [0, 0.1) is 0 Å². The van der Waals surface area contributed by atoms with Gasteiger partial charge in [-0.15, -0.1) is 0 Å². The van der Waals surface area contributed by atoms with E-state index in [1.807, 2.05) is 24.3 Å². The third-order valence-electron chi connectivity index (χ3n) is 3.43. The van der Waals surface area contributed by atoms with E-state index in [1.165, 1.54) is 15.7 Å². The number of aliphatic imine (C=N–C) groups is 1. The lowest BCUT2D eigenvalue weighted by molar-refractivity contribution is 1.47. The van der Waals surface area contributed by atoms with Crippen LogP contribution < -0.4 is 5.73 Å². The summed E-state index contributed by atoms with van der Waals surface area (Å²) < 4.78 is 0. The fourth-order valence-corrected chi connectivity index (χ4v) is 3.53. The molecular formula is C17H12N2S. The van der Waals surface area contributed by atoms with Crippen molar-refractivity contribution in [1.29, 1.82) is 0 Å². The summed E-state index contributed by atoms with van der Waals surface area (Å²) >= 11 is 1.72. The minimum Gasteiger partial charge on any atom is -0.399 e. The lowest BCUT2D eigenvalue weighted by Crippen LogP contribution is -1.99. The van der Waals surface area contributed by atoms with Crippen molar-refractivity contribution in [2.24, 2.45) is 4.99 Å². The van der Waals surface area contributed by atoms with Crippen LogP contribution in [-0.2, 0) is 0 Å². The van der Waals surface area contributed by atoms with Crippen LogP contribution in [0.15, 0.2) is 70.6 Å². The quantitative estimate of drug-likeness (QED) is 0.659. The maximum Gasteiger partial charge on any atom is 0.109 e. The fourth-order valence-electron chi connectivity index (χ4n) is 2.45. The van der Waals surface area contributed by atoms with Gasteiger partial charge in [-0.3, -0.25) is 0 Å². The van der Waals surface area contributed by atoms with Crippen molar-refractivity contribution in [3.63, 3.8) is 0 Å². The van der Waals surface area contributed by atoms with Crippen LogP contribution in [0.2, 0.25) is 0 Å². The molecule has 0 saturated carbocycles. The van der Waals surface area contributed by atoms with Crippen molar-refractivity contribution in [3.8, 4) is 0 Å². The maximum atomic E-state index is 5.75. The zero-order valence-corrected chi connectivity index (χ0v) is 11.5. The zero-order chi connectivity index (χ0) is 13.5. The van der Waals surface area contributed by atoms with E-state index in [4.69, 9.17) is 10.7 Å². The summed E-state index contributed by atoms with van der Waals surface area (Å²) in [5, 5.41) is 3.52. The first-order chi connectivity index (χ1) is 9.81. The van der Waals surface area contributed by atoms with Crippen molar-refractivity contribution in [1.82, 2.24) is 0 Å². The van der Waals surface area contributed by atoms with Gasteiger partial charge in [-0.1, -0.05) is 48.2 Å². The van der Waals surface area contributed by atoms with Gasteiger partial charge >= 0.3 is 0 Å². The van der Waals surface area contributed by atoms with Gasteiger partial charge in [0.15, 0.2) is 0 Å². The third-order valence-corrected chi connectivity index (χ3v) is 4.51. The molecule has 3 aromatic rings. The van der Waals surface area contributed by atoms with Gasteiger partial charge in [0.05, 0.1) is 5.69 Å². The van der Waals surface area contributed by atoms with E-state index < -0.39 is 0 Å². The van der Waals surface area contributed by atoms with Gasteiger partial charge in [-0.25, -0.2) is 4.99 Å². The minimum absolute atomic E-state index is 0.776. The van der Waals surface area contributed by atoms with E-state index in [0.29, 0.717) is 0 Å². The van der Waals surface area contributed by atoms with Crippen LogP contribution >= 0.6 is 11.8 Å². The smallest absolute Gasteiger partial charge is 0.109 e. The molecule has 0 aliphatic carbocycles. The highest BCUT2D eigenvalue weighted by molar-refractivity contribution is 8.14. The van der Waals surface area contributed by atoms with Crippen molar-refractivity contribution in [2.75, 3.05) is 5.73 Å². The summed E-state index contributed by atoms with van der Waals surface area (Å²) in [7, 11) is 0. The molecule has 0 unspecified atom stereocenters. The molecule has 0 radical (unpaired) electrons.